The number of aromatic nitrogens is 2. The molecule has 2 heterocycles. The third kappa shape index (κ3) is 1.52. The largest absolute Gasteiger partial charge is 0.383 e. The number of hydrogen-bond donors (Lipinski definition) is 2. The molecule has 2 rings (SSSR count). The highest BCUT2D eigenvalue weighted by Gasteiger charge is 2.23. The predicted octanol–water partition coefficient (Wildman–Crippen LogP) is -0.0119. The maximum atomic E-state index is 10.8. The Morgan fingerprint density at radius 3 is 2.71 bits per heavy atom. The van der Waals surface area contributed by atoms with E-state index >= 15 is 0 Å². The summed E-state index contributed by atoms with van der Waals surface area (Å²) in [5.41, 5.74) is 10.9. The molecule has 0 atom stereocenters. The maximum Gasteiger partial charge on any atom is 0.254 e. The number of nitrogens with two attached hydrogens (primary N) is 2. The molecule has 74 valence electrons. The van der Waals surface area contributed by atoms with Gasteiger partial charge in [-0.2, -0.15) is 11.8 Å². The second kappa shape index (κ2) is 3.45. The minimum absolute atomic E-state index is 0.180. The van der Waals surface area contributed by atoms with Gasteiger partial charge in [0.05, 0.1) is 5.56 Å². The average molecular weight is 210 g/mol. The molecule has 0 bridgehead atoms. The fourth-order valence-corrected chi connectivity index (χ4v) is 1.95. The van der Waals surface area contributed by atoms with E-state index < -0.39 is 5.91 Å². The molecule has 1 saturated heterocycles. The van der Waals surface area contributed by atoms with Crippen molar-refractivity contribution in [2.45, 2.75) is 5.92 Å². The van der Waals surface area contributed by atoms with Crippen molar-refractivity contribution in [1.82, 2.24) is 9.97 Å². The average Bonchev–Trinajstić information content (AvgIpc) is 2.00. The van der Waals surface area contributed by atoms with Crippen molar-refractivity contribution in [1.29, 1.82) is 0 Å². The molecule has 1 amide bonds. The summed E-state index contributed by atoms with van der Waals surface area (Å²) in [7, 11) is 0. The van der Waals surface area contributed by atoms with Crippen LogP contribution in [0.25, 0.3) is 0 Å². The summed E-state index contributed by atoms with van der Waals surface area (Å²) in [5, 5.41) is 0. The lowest BCUT2D eigenvalue weighted by Crippen LogP contribution is -2.21. The van der Waals surface area contributed by atoms with Crippen LogP contribution in [0.5, 0.6) is 0 Å². The fraction of sp³-hybridized carbons (Fsp3) is 0.375. The Morgan fingerprint density at radius 1 is 1.57 bits per heavy atom. The third-order valence-electron chi connectivity index (χ3n) is 2.11. The Bertz CT molecular complexity index is 378. The van der Waals surface area contributed by atoms with E-state index in [2.05, 4.69) is 9.97 Å². The van der Waals surface area contributed by atoms with Crippen molar-refractivity contribution in [3.8, 4) is 0 Å². The summed E-state index contributed by atoms with van der Waals surface area (Å²) in [5.74, 6) is 2.73. The molecule has 0 radical (unpaired) electrons. The number of rotatable bonds is 2. The Kier molecular flexibility index (Phi) is 2.28. The summed E-state index contributed by atoms with van der Waals surface area (Å²) in [6.07, 6.45) is 1.41. The van der Waals surface area contributed by atoms with Crippen molar-refractivity contribution >= 4 is 23.5 Å². The molecule has 1 aliphatic heterocycles. The van der Waals surface area contributed by atoms with Gasteiger partial charge in [-0.05, 0) is 0 Å². The van der Waals surface area contributed by atoms with Crippen LogP contribution >= 0.6 is 11.8 Å². The number of hydrogen-bond acceptors (Lipinski definition) is 5. The van der Waals surface area contributed by atoms with Gasteiger partial charge in [-0.15, -0.1) is 0 Å². The molecule has 0 unspecified atom stereocenters. The van der Waals surface area contributed by atoms with Gasteiger partial charge in [0.2, 0.25) is 0 Å². The van der Waals surface area contributed by atoms with E-state index in [0.29, 0.717) is 11.7 Å². The summed E-state index contributed by atoms with van der Waals surface area (Å²) in [4.78, 5) is 19.0. The Labute approximate surface area is 85.3 Å². The smallest absolute Gasteiger partial charge is 0.254 e. The van der Waals surface area contributed by atoms with E-state index in [4.69, 9.17) is 11.5 Å². The molecule has 1 aromatic rings. The standard InChI is InChI=1S/C8H10N4OS/c9-6-5(7(10)13)1-11-8(12-6)4-2-14-3-4/h1,4H,2-3H2,(H2,10,13)(H2,9,11,12). The normalized spacial score (nSPS) is 16.3. The monoisotopic (exact) mass is 210 g/mol. The first-order chi connectivity index (χ1) is 6.68. The zero-order valence-electron chi connectivity index (χ0n) is 7.43. The molecule has 1 fully saturated rings. The molecule has 0 saturated carbocycles. The zero-order chi connectivity index (χ0) is 10.1. The number of primary amides is 1. The maximum absolute atomic E-state index is 10.8. The van der Waals surface area contributed by atoms with Crippen LogP contribution < -0.4 is 11.5 Å². The number of carbonyl (C=O) groups excluding carboxylic acids is 1. The topological polar surface area (TPSA) is 94.9 Å². The first kappa shape index (κ1) is 9.26. The fourth-order valence-electron chi connectivity index (χ4n) is 1.18. The van der Waals surface area contributed by atoms with Crippen LogP contribution in [0, 0.1) is 0 Å². The van der Waals surface area contributed by atoms with Gasteiger partial charge < -0.3 is 11.5 Å². The van der Waals surface area contributed by atoms with Gasteiger partial charge in [0, 0.05) is 23.6 Å². The molecule has 6 heteroatoms. The molecule has 1 aliphatic rings. The van der Waals surface area contributed by atoms with E-state index in [1.807, 2.05) is 11.8 Å². The van der Waals surface area contributed by atoms with Crippen LogP contribution in [0.15, 0.2) is 6.20 Å². The quantitative estimate of drug-likeness (QED) is 0.715. The lowest BCUT2D eigenvalue weighted by Gasteiger charge is -2.23. The molecule has 4 N–H and O–H groups in total. The number of carbonyl (C=O) groups is 1. The second-order valence-electron chi connectivity index (χ2n) is 3.13. The van der Waals surface area contributed by atoms with Crippen LogP contribution in [0.4, 0.5) is 5.82 Å². The minimum Gasteiger partial charge on any atom is -0.383 e. The van der Waals surface area contributed by atoms with Gasteiger partial charge in [-0.1, -0.05) is 0 Å². The van der Waals surface area contributed by atoms with Crippen LogP contribution in [-0.4, -0.2) is 27.4 Å². The van der Waals surface area contributed by atoms with Crippen LogP contribution in [0.3, 0.4) is 0 Å². The van der Waals surface area contributed by atoms with Crippen molar-refractivity contribution < 1.29 is 4.79 Å². The van der Waals surface area contributed by atoms with Crippen LogP contribution in [-0.2, 0) is 0 Å². The summed E-state index contributed by atoms with van der Waals surface area (Å²) < 4.78 is 0. The van der Waals surface area contributed by atoms with Gasteiger partial charge in [0.1, 0.15) is 11.6 Å². The molecule has 14 heavy (non-hydrogen) atoms. The first-order valence-electron chi connectivity index (χ1n) is 4.18. The van der Waals surface area contributed by atoms with Gasteiger partial charge in [0.15, 0.2) is 0 Å². The summed E-state index contributed by atoms with van der Waals surface area (Å²) in [6, 6.07) is 0. The molecule has 5 nitrogen and oxygen atoms in total. The Morgan fingerprint density at radius 2 is 2.29 bits per heavy atom. The summed E-state index contributed by atoms with van der Waals surface area (Å²) >= 11 is 1.84. The van der Waals surface area contributed by atoms with Crippen molar-refractivity contribution in [2.24, 2.45) is 5.73 Å². The zero-order valence-corrected chi connectivity index (χ0v) is 8.25. The van der Waals surface area contributed by atoms with Gasteiger partial charge in [-0.3, -0.25) is 4.79 Å². The van der Waals surface area contributed by atoms with Crippen molar-refractivity contribution in [3.63, 3.8) is 0 Å². The van der Waals surface area contributed by atoms with Crippen molar-refractivity contribution in [3.05, 3.63) is 17.6 Å². The van der Waals surface area contributed by atoms with E-state index in [9.17, 15) is 4.79 Å². The predicted molar refractivity (Wildman–Crippen MR) is 55.0 cm³/mol. The van der Waals surface area contributed by atoms with Crippen LogP contribution in [0.2, 0.25) is 0 Å². The third-order valence-corrected chi connectivity index (χ3v) is 3.38. The SMILES string of the molecule is NC(=O)c1cnc(C2CSC2)nc1N. The number of thioether (sulfide) groups is 1. The van der Waals surface area contributed by atoms with Gasteiger partial charge >= 0.3 is 0 Å². The van der Waals surface area contributed by atoms with Crippen molar-refractivity contribution in [2.75, 3.05) is 17.2 Å². The molecule has 0 spiro atoms. The van der Waals surface area contributed by atoms with E-state index in [1.54, 1.807) is 0 Å². The number of anilines is 1. The van der Waals surface area contributed by atoms with Crippen LogP contribution in [0.1, 0.15) is 22.1 Å². The van der Waals surface area contributed by atoms with E-state index in [-0.39, 0.29) is 11.4 Å². The second-order valence-corrected chi connectivity index (χ2v) is 4.20. The number of amides is 1. The molecule has 0 aromatic carbocycles. The molecular weight excluding hydrogens is 200 g/mol. The Hall–Kier alpha value is -1.30. The van der Waals surface area contributed by atoms with Gasteiger partial charge in [-0.25, -0.2) is 9.97 Å². The molecule has 0 aliphatic carbocycles. The lowest BCUT2D eigenvalue weighted by atomic mass is 10.2. The summed E-state index contributed by atoms with van der Waals surface area (Å²) in [6.45, 7) is 0. The number of nitrogen functional groups attached to an aromatic ring is 1. The van der Waals surface area contributed by atoms with Gasteiger partial charge in [0.25, 0.3) is 5.91 Å². The molecule has 1 aromatic heterocycles. The molecular formula is C8H10N4OS. The van der Waals surface area contributed by atoms with E-state index in [1.165, 1.54) is 6.20 Å². The first-order valence-corrected chi connectivity index (χ1v) is 5.34. The highest BCUT2D eigenvalue weighted by atomic mass is 32.2. The Balaban J connectivity index is 2.30. The van der Waals surface area contributed by atoms with E-state index in [0.717, 1.165) is 11.5 Å². The number of nitrogens with zero attached hydrogens (tertiary/aromatic N) is 2. The highest BCUT2D eigenvalue weighted by molar-refractivity contribution is 8.00. The highest BCUT2D eigenvalue weighted by Crippen LogP contribution is 2.32. The minimum atomic E-state index is -0.586. The lowest BCUT2D eigenvalue weighted by molar-refractivity contribution is 0.100.